The fraction of sp³-hybridized carbons (Fsp3) is 0.571. The number of halogens is 1. The van der Waals surface area contributed by atoms with Gasteiger partial charge < -0.3 is 10.1 Å². The molecule has 1 aromatic rings. The first-order valence-corrected chi connectivity index (χ1v) is 6.56. The first kappa shape index (κ1) is 12.9. The van der Waals surface area contributed by atoms with Crippen molar-refractivity contribution in [1.82, 2.24) is 5.32 Å². The third kappa shape index (κ3) is 3.98. The predicted octanol–water partition coefficient (Wildman–Crippen LogP) is 2.90. The maximum absolute atomic E-state index is 5.89. The van der Waals surface area contributed by atoms with Crippen LogP contribution in [0.3, 0.4) is 0 Å². The second-order valence-corrected chi connectivity index (χ2v) is 5.41. The van der Waals surface area contributed by atoms with Gasteiger partial charge in [-0.05, 0) is 42.4 Å². The molecule has 0 bridgehead atoms. The van der Waals surface area contributed by atoms with Gasteiger partial charge in [0, 0.05) is 25.2 Å². The van der Waals surface area contributed by atoms with Gasteiger partial charge >= 0.3 is 0 Å². The summed E-state index contributed by atoms with van der Waals surface area (Å²) >= 11 is 5.89. The summed E-state index contributed by atoms with van der Waals surface area (Å²) < 4.78 is 5.03. The highest BCUT2D eigenvalue weighted by molar-refractivity contribution is 6.30. The van der Waals surface area contributed by atoms with Gasteiger partial charge in [0.05, 0.1) is 6.61 Å². The molecule has 1 N–H and O–H groups in total. The van der Waals surface area contributed by atoms with E-state index in [1.807, 2.05) is 12.1 Å². The largest absolute Gasteiger partial charge is 0.383 e. The molecule has 1 aromatic carbocycles. The Morgan fingerprint density at radius 1 is 1.29 bits per heavy atom. The van der Waals surface area contributed by atoms with Gasteiger partial charge in [0.15, 0.2) is 0 Å². The molecule has 0 spiro atoms. The molecule has 2 rings (SSSR count). The van der Waals surface area contributed by atoms with Crippen LogP contribution in [0.4, 0.5) is 0 Å². The molecule has 0 saturated heterocycles. The number of benzene rings is 1. The lowest BCUT2D eigenvalue weighted by Gasteiger charge is -2.16. The quantitative estimate of drug-likeness (QED) is 0.755. The van der Waals surface area contributed by atoms with E-state index in [-0.39, 0.29) is 0 Å². The summed E-state index contributed by atoms with van der Waals surface area (Å²) in [6.07, 6.45) is 3.81. The molecule has 0 atom stereocenters. The van der Waals surface area contributed by atoms with Crippen LogP contribution in [0, 0.1) is 5.41 Å². The van der Waals surface area contributed by atoms with Crippen LogP contribution in [0.2, 0.25) is 5.02 Å². The first-order chi connectivity index (χ1) is 8.24. The predicted molar refractivity (Wildman–Crippen MR) is 71.6 cm³/mol. The highest BCUT2D eigenvalue weighted by Crippen LogP contribution is 2.47. The Morgan fingerprint density at radius 2 is 2.00 bits per heavy atom. The van der Waals surface area contributed by atoms with Gasteiger partial charge in [-0.2, -0.15) is 0 Å². The minimum atomic E-state index is 0.488. The van der Waals surface area contributed by atoms with Crippen LogP contribution >= 0.6 is 11.6 Å². The van der Waals surface area contributed by atoms with E-state index in [1.165, 1.54) is 18.4 Å². The molecule has 1 aliphatic carbocycles. The van der Waals surface area contributed by atoms with Crippen molar-refractivity contribution >= 4 is 11.6 Å². The summed E-state index contributed by atoms with van der Waals surface area (Å²) in [6.45, 7) is 2.83. The van der Waals surface area contributed by atoms with Crippen LogP contribution in [-0.4, -0.2) is 26.8 Å². The number of hydrogen-bond donors (Lipinski definition) is 1. The highest BCUT2D eigenvalue weighted by Gasteiger charge is 2.41. The van der Waals surface area contributed by atoms with E-state index in [4.69, 9.17) is 16.3 Å². The lowest BCUT2D eigenvalue weighted by atomic mass is 9.96. The van der Waals surface area contributed by atoms with Crippen molar-refractivity contribution in [3.8, 4) is 0 Å². The van der Waals surface area contributed by atoms with E-state index in [1.54, 1.807) is 7.11 Å². The molecule has 1 aliphatic rings. The fourth-order valence-corrected chi connectivity index (χ4v) is 2.28. The summed E-state index contributed by atoms with van der Waals surface area (Å²) in [6, 6.07) is 8.23. The molecule has 1 fully saturated rings. The van der Waals surface area contributed by atoms with Gasteiger partial charge in [-0.25, -0.2) is 0 Å². The molecule has 3 heteroatoms. The Balaban J connectivity index is 1.79. The van der Waals surface area contributed by atoms with Gasteiger partial charge in [-0.15, -0.1) is 0 Å². The molecule has 0 radical (unpaired) electrons. The average molecular weight is 254 g/mol. The average Bonchev–Trinajstić information content (AvgIpc) is 3.08. The molecular formula is C14H20ClNO. The van der Waals surface area contributed by atoms with Crippen molar-refractivity contribution in [3.05, 3.63) is 34.9 Å². The van der Waals surface area contributed by atoms with Crippen molar-refractivity contribution in [2.45, 2.75) is 19.3 Å². The fourth-order valence-electron chi connectivity index (χ4n) is 2.16. The monoisotopic (exact) mass is 253 g/mol. The van der Waals surface area contributed by atoms with Crippen LogP contribution in [0.25, 0.3) is 0 Å². The van der Waals surface area contributed by atoms with Gasteiger partial charge in [0.2, 0.25) is 0 Å². The van der Waals surface area contributed by atoms with Crippen molar-refractivity contribution in [2.75, 3.05) is 26.8 Å². The number of ether oxygens (including phenoxy) is 1. The van der Waals surface area contributed by atoms with E-state index in [2.05, 4.69) is 17.4 Å². The molecule has 0 unspecified atom stereocenters. The molecule has 0 amide bonds. The van der Waals surface area contributed by atoms with Gasteiger partial charge in [0.25, 0.3) is 0 Å². The summed E-state index contributed by atoms with van der Waals surface area (Å²) in [4.78, 5) is 0. The summed E-state index contributed by atoms with van der Waals surface area (Å²) in [5.74, 6) is 0. The van der Waals surface area contributed by atoms with Gasteiger partial charge in [-0.1, -0.05) is 23.7 Å². The molecule has 0 aliphatic heterocycles. The number of rotatable bonds is 7. The van der Waals surface area contributed by atoms with Crippen molar-refractivity contribution in [1.29, 1.82) is 0 Å². The summed E-state index contributed by atoms with van der Waals surface area (Å²) in [5.41, 5.74) is 1.88. The van der Waals surface area contributed by atoms with Crippen LogP contribution < -0.4 is 5.32 Å². The third-order valence-corrected chi connectivity index (χ3v) is 3.68. The van der Waals surface area contributed by atoms with Crippen molar-refractivity contribution in [2.24, 2.45) is 5.41 Å². The van der Waals surface area contributed by atoms with E-state index >= 15 is 0 Å². The molecular weight excluding hydrogens is 234 g/mol. The molecule has 1 saturated carbocycles. The minimum absolute atomic E-state index is 0.488. The summed E-state index contributed by atoms with van der Waals surface area (Å²) in [5, 5.41) is 4.29. The van der Waals surface area contributed by atoms with Crippen LogP contribution in [0.1, 0.15) is 18.4 Å². The number of nitrogens with one attached hydrogen (secondary N) is 1. The Kier molecular flexibility index (Phi) is 4.43. The lowest BCUT2D eigenvalue weighted by molar-refractivity contribution is 0.197. The van der Waals surface area contributed by atoms with Crippen LogP contribution in [0.15, 0.2) is 24.3 Å². The normalized spacial score (nSPS) is 17.1. The standard InChI is InChI=1S/C14H20ClNO/c1-17-9-8-16-11-14(6-7-14)10-12-2-4-13(15)5-3-12/h2-5,16H,6-11H2,1H3. The smallest absolute Gasteiger partial charge is 0.0587 e. The Labute approximate surface area is 108 Å². The van der Waals surface area contributed by atoms with Crippen LogP contribution in [0.5, 0.6) is 0 Å². The summed E-state index contributed by atoms with van der Waals surface area (Å²) in [7, 11) is 1.74. The zero-order valence-electron chi connectivity index (χ0n) is 10.3. The maximum Gasteiger partial charge on any atom is 0.0587 e. The van der Waals surface area contributed by atoms with E-state index in [0.717, 1.165) is 31.1 Å². The minimum Gasteiger partial charge on any atom is -0.383 e. The second kappa shape index (κ2) is 5.85. The van der Waals surface area contributed by atoms with E-state index < -0.39 is 0 Å². The molecule has 2 nitrogen and oxygen atoms in total. The van der Waals surface area contributed by atoms with Crippen molar-refractivity contribution < 1.29 is 4.74 Å². The second-order valence-electron chi connectivity index (χ2n) is 4.97. The van der Waals surface area contributed by atoms with Gasteiger partial charge in [0.1, 0.15) is 0 Å². The topological polar surface area (TPSA) is 21.3 Å². The number of hydrogen-bond acceptors (Lipinski definition) is 2. The zero-order chi connectivity index (χ0) is 12.1. The third-order valence-electron chi connectivity index (χ3n) is 3.43. The molecule has 94 valence electrons. The molecule has 17 heavy (non-hydrogen) atoms. The van der Waals surface area contributed by atoms with Crippen LogP contribution in [-0.2, 0) is 11.2 Å². The van der Waals surface area contributed by atoms with E-state index in [0.29, 0.717) is 5.41 Å². The molecule has 0 aromatic heterocycles. The Morgan fingerprint density at radius 3 is 2.59 bits per heavy atom. The Bertz CT molecular complexity index is 346. The zero-order valence-corrected chi connectivity index (χ0v) is 11.1. The highest BCUT2D eigenvalue weighted by atomic mass is 35.5. The number of methoxy groups -OCH3 is 1. The molecule has 0 heterocycles. The Hall–Kier alpha value is -0.570. The van der Waals surface area contributed by atoms with Gasteiger partial charge in [-0.3, -0.25) is 0 Å². The van der Waals surface area contributed by atoms with E-state index in [9.17, 15) is 0 Å². The first-order valence-electron chi connectivity index (χ1n) is 6.18. The SMILES string of the molecule is COCCNCC1(Cc2ccc(Cl)cc2)CC1. The van der Waals surface area contributed by atoms with Crippen molar-refractivity contribution in [3.63, 3.8) is 0 Å². The maximum atomic E-state index is 5.89. The lowest BCUT2D eigenvalue weighted by Crippen LogP contribution is -2.28.